The Morgan fingerprint density at radius 2 is 1.64 bits per heavy atom. The van der Waals surface area contributed by atoms with Crippen LogP contribution in [0.15, 0.2) is 82.6 Å². The van der Waals surface area contributed by atoms with E-state index in [1.165, 1.54) is 11.8 Å². The molecule has 2 aliphatic rings. The number of ether oxygens (including phenoxy) is 2. The smallest absolute Gasteiger partial charge is 0.410 e. The van der Waals surface area contributed by atoms with Crippen molar-refractivity contribution in [3.63, 3.8) is 0 Å². The summed E-state index contributed by atoms with van der Waals surface area (Å²) >= 11 is 1.41. The zero-order chi connectivity index (χ0) is 40.5. The molecule has 0 aromatic heterocycles. The van der Waals surface area contributed by atoms with Gasteiger partial charge in [0.1, 0.15) is 17.4 Å². The highest BCUT2D eigenvalue weighted by atomic mass is 32.2. The summed E-state index contributed by atoms with van der Waals surface area (Å²) in [5, 5.41) is 5.87. The van der Waals surface area contributed by atoms with E-state index in [0.29, 0.717) is 67.3 Å². The number of nitrogens with zero attached hydrogens (tertiary/aromatic N) is 2. The van der Waals surface area contributed by atoms with Crippen LogP contribution in [0.3, 0.4) is 0 Å². The predicted molar refractivity (Wildman–Crippen MR) is 222 cm³/mol. The summed E-state index contributed by atoms with van der Waals surface area (Å²) in [4.78, 5) is 44.4. The Balaban J connectivity index is 1.31. The quantitative estimate of drug-likeness (QED) is 0.156. The molecule has 0 radical (unpaired) electrons. The fraction of sp³-hybridized carbons (Fsp3) is 0.512. The normalized spacial score (nSPS) is 19.0. The number of benzene rings is 3. The molecular weight excluding hydrogens is 749 g/mol. The molecule has 0 bridgehead atoms. The minimum Gasteiger partial charge on any atom is -0.483 e. The van der Waals surface area contributed by atoms with Crippen LogP contribution in [0.25, 0.3) is 0 Å². The van der Waals surface area contributed by atoms with Gasteiger partial charge in [-0.25, -0.2) is 13.2 Å². The van der Waals surface area contributed by atoms with Crippen LogP contribution in [0.5, 0.6) is 5.75 Å². The molecule has 3 amide bonds. The van der Waals surface area contributed by atoms with Gasteiger partial charge in [-0.3, -0.25) is 9.59 Å². The van der Waals surface area contributed by atoms with Crippen LogP contribution in [0.2, 0.25) is 0 Å². The van der Waals surface area contributed by atoms with Crippen molar-refractivity contribution in [1.29, 1.82) is 0 Å². The van der Waals surface area contributed by atoms with Gasteiger partial charge in [0, 0.05) is 43.3 Å². The van der Waals surface area contributed by atoms with Gasteiger partial charge in [-0.05, 0) is 82.4 Å². The maximum absolute atomic E-state index is 14.3. The third-order valence-electron chi connectivity index (χ3n) is 10.6. The van der Waals surface area contributed by atoms with Crippen LogP contribution in [-0.2, 0) is 24.2 Å². The molecule has 2 aliphatic heterocycles. The molecule has 2 atom stereocenters. The Labute approximate surface area is 337 Å². The number of anilines is 2. The van der Waals surface area contributed by atoms with Crippen molar-refractivity contribution >= 4 is 50.9 Å². The second-order valence-electron chi connectivity index (χ2n) is 16.0. The number of amides is 3. The summed E-state index contributed by atoms with van der Waals surface area (Å²) < 4.78 is 40.2. The average molecular weight is 807 g/mol. The summed E-state index contributed by atoms with van der Waals surface area (Å²) in [5.74, 6) is -0.417. The first-order valence-corrected chi connectivity index (χ1v) is 22.6. The molecule has 1 fully saturated rings. The zero-order valence-electron chi connectivity index (χ0n) is 33.6. The lowest BCUT2D eigenvalue weighted by atomic mass is 9.81. The predicted octanol–water partition coefficient (Wildman–Crippen LogP) is 7.92. The Morgan fingerprint density at radius 3 is 2.25 bits per heavy atom. The molecule has 1 unspecified atom stereocenters. The topological polar surface area (TPSA) is 134 Å². The molecule has 13 heteroatoms. The molecule has 0 saturated carbocycles. The lowest BCUT2D eigenvalue weighted by molar-refractivity contribution is -0.130. The highest BCUT2D eigenvalue weighted by molar-refractivity contribution is 7.98. The summed E-state index contributed by atoms with van der Waals surface area (Å²) in [6.45, 7) is 11.3. The van der Waals surface area contributed by atoms with Gasteiger partial charge in [0.2, 0.25) is 5.91 Å². The lowest BCUT2D eigenvalue weighted by Gasteiger charge is -2.36. The molecule has 2 N–H and O–H groups in total. The number of rotatable bonds is 14. The van der Waals surface area contributed by atoms with Gasteiger partial charge < -0.3 is 29.9 Å². The number of hydrogen-bond donors (Lipinski definition) is 2. The number of carbonyl (C=O) groups excluding carboxylic acids is 3. The van der Waals surface area contributed by atoms with Gasteiger partial charge >= 0.3 is 6.09 Å². The van der Waals surface area contributed by atoms with E-state index < -0.39 is 39.4 Å². The Hall–Kier alpha value is -4.23. The zero-order valence-corrected chi connectivity index (χ0v) is 35.3. The van der Waals surface area contributed by atoms with E-state index in [1.54, 1.807) is 35.2 Å². The number of unbranched alkanes of at least 4 members (excludes halogenated alkanes) is 1. The second-order valence-corrected chi connectivity index (χ2v) is 18.8. The molecule has 5 rings (SSSR count). The molecule has 0 spiro atoms. The number of fused-ring (bicyclic) bond motifs is 1. The van der Waals surface area contributed by atoms with Gasteiger partial charge in [-0.1, -0.05) is 75.2 Å². The Bertz CT molecular complexity index is 1910. The minimum absolute atomic E-state index is 0.0160. The molecule has 3 aromatic rings. The fourth-order valence-electron chi connectivity index (χ4n) is 7.43. The van der Waals surface area contributed by atoms with Crippen LogP contribution >= 0.6 is 11.8 Å². The molecule has 1 saturated heterocycles. The highest BCUT2D eigenvalue weighted by Gasteiger charge is 2.42. The monoisotopic (exact) mass is 806 g/mol. The lowest BCUT2D eigenvalue weighted by Crippen LogP contribution is -2.46. The third kappa shape index (κ3) is 11.0. The molecule has 56 heavy (non-hydrogen) atoms. The van der Waals surface area contributed by atoms with Crippen LogP contribution in [0.4, 0.5) is 16.2 Å². The Kier molecular flexibility index (Phi) is 14.4. The minimum atomic E-state index is -3.76. The number of carbonyl (C=O) groups is 3. The van der Waals surface area contributed by atoms with Crippen molar-refractivity contribution in [1.82, 2.24) is 15.5 Å². The number of hydrogen-bond acceptors (Lipinski definition) is 9. The van der Waals surface area contributed by atoms with Gasteiger partial charge in [0.25, 0.3) is 5.91 Å². The van der Waals surface area contributed by atoms with E-state index in [9.17, 15) is 22.8 Å². The average Bonchev–Trinajstić information content (AvgIpc) is 3.28. The van der Waals surface area contributed by atoms with Gasteiger partial charge in [0.15, 0.2) is 16.4 Å². The largest absolute Gasteiger partial charge is 0.483 e. The summed E-state index contributed by atoms with van der Waals surface area (Å²) in [6.07, 6.45) is 6.39. The van der Waals surface area contributed by atoms with Crippen LogP contribution in [0.1, 0.15) is 84.7 Å². The third-order valence-corrected chi connectivity index (χ3v) is 13.4. The first kappa shape index (κ1) is 42.9. The van der Waals surface area contributed by atoms with Crippen molar-refractivity contribution in [2.24, 2.45) is 11.3 Å². The highest BCUT2D eigenvalue weighted by Crippen LogP contribution is 2.47. The van der Waals surface area contributed by atoms with Crippen molar-refractivity contribution in [2.45, 2.75) is 94.6 Å². The van der Waals surface area contributed by atoms with Crippen molar-refractivity contribution in [3.05, 3.63) is 78.4 Å². The number of likely N-dealkylation sites (tertiary alicyclic amines) is 1. The molecular formula is C43H58N4O7S2. The molecule has 304 valence electrons. The van der Waals surface area contributed by atoms with E-state index in [-0.39, 0.29) is 28.6 Å². The van der Waals surface area contributed by atoms with E-state index in [0.717, 1.165) is 24.9 Å². The number of nitrogens with one attached hydrogen (secondary N) is 2. The van der Waals surface area contributed by atoms with Crippen LogP contribution < -0.4 is 20.3 Å². The summed E-state index contributed by atoms with van der Waals surface area (Å²) in [7, 11) is -3.76. The number of piperidine rings is 1. The van der Waals surface area contributed by atoms with Crippen molar-refractivity contribution in [3.8, 4) is 5.75 Å². The molecule has 3 aromatic carbocycles. The van der Waals surface area contributed by atoms with Crippen molar-refractivity contribution < 1.29 is 32.3 Å². The molecule has 11 nitrogen and oxygen atoms in total. The molecule has 0 aliphatic carbocycles. The van der Waals surface area contributed by atoms with E-state index in [4.69, 9.17) is 9.47 Å². The SMILES string of the molecule is CCCCC1(CC)CN(c2ccccc2)c2cc(SC)c(OCC(=O)N[C@@H](C(=O)NCC3CCN(C(=O)OC(C)(C)C)CC3)c3ccccc3)cc2S(=O)(=O)C1. The fourth-order valence-corrected chi connectivity index (χ4v) is 10.2. The van der Waals surface area contributed by atoms with Gasteiger partial charge in [0.05, 0.1) is 21.2 Å². The maximum atomic E-state index is 14.3. The number of para-hydroxylation sites is 1. The van der Waals surface area contributed by atoms with E-state index in [1.807, 2.05) is 69.5 Å². The second kappa shape index (κ2) is 18.8. The summed E-state index contributed by atoms with van der Waals surface area (Å²) in [5.41, 5.74) is 1.11. The number of sulfone groups is 1. The van der Waals surface area contributed by atoms with E-state index in [2.05, 4.69) is 29.4 Å². The van der Waals surface area contributed by atoms with Gasteiger partial charge in [-0.15, -0.1) is 11.8 Å². The Morgan fingerprint density at radius 1 is 0.982 bits per heavy atom. The standard InChI is InChI=1S/C43H58N4O7S2/c1-7-9-22-43(8-2)29-47(33-18-14-11-15-19-33)34-25-36(55-6)35(26-37(34)56(51,52)30-43)53-28-38(48)45-39(32-16-12-10-13-17-32)40(49)44-27-31-20-23-46(24-21-31)41(50)54-42(3,4)5/h10-19,25-26,31,39H,7-9,20-24,27-30H2,1-6H3,(H,44,49)(H,45,48)/t39-,43?/m1/s1. The summed E-state index contributed by atoms with van der Waals surface area (Å²) in [6, 6.07) is 21.3. The van der Waals surface area contributed by atoms with Crippen molar-refractivity contribution in [2.75, 3.05) is 49.7 Å². The van der Waals surface area contributed by atoms with Crippen LogP contribution in [0, 0.1) is 11.3 Å². The van der Waals surface area contributed by atoms with E-state index >= 15 is 0 Å². The first-order valence-electron chi connectivity index (χ1n) is 19.7. The number of thioether (sulfide) groups is 1. The van der Waals surface area contributed by atoms with Crippen LogP contribution in [-0.4, -0.2) is 81.6 Å². The molecule has 2 heterocycles. The maximum Gasteiger partial charge on any atom is 0.410 e. The first-order chi connectivity index (χ1) is 26.7. The van der Waals surface area contributed by atoms with Gasteiger partial charge in [-0.2, -0.15) is 0 Å².